The standard InChI is InChI=1S/C25H26ClN9O2S/c1-13-10-29-24(34-19(13)25(3,4)5)35-21(36)16-11-28-23(38-16)14(2)32-22(37)18-17(26)20(31-12-30-18)33-15-6-8-27-9-7-15/h6-12,14H,1-5H3,(H,32,37)(H,27,30,31,33)(H,29,34,35,36). The third kappa shape index (κ3) is 6.26. The highest BCUT2D eigenvalue weighted by Crippen LogP contribution is 2.27. The third-order valence-corrected chi connectivity index (χ3v) is 6.86. The van der Waals surface area contributed by atoms with Gasteiger partial charge in [-0.15, -0.1) is 11.3 Å². The van der Waals surface area contributed by atoms with Crippen LogP contribution in [-0.4, -0.2) is 41.7 Å². The van der Waals surface area contributed by atoms with Gasteiger partial charge in [0.25, 0.3) is 11.8 Å². The molecule has 0 fully saturated rings. The molecule has 0 aliphatic carbocycles. The summed E-state index contributed by atoms with van der Waals surface area (Å²) in [4.78, 5) is 51.3. The van der Waals surface area contributed by atoms with E-state index < -0.39 is 11.9 Å². The summed E-state index contributed by atoms with van der Waals surface area (Å²) in [6, 6.07) is 2.97. The Labute approximate surface area is 228 Å². The van der Waals surface area contributed by atoms with Crippen molar-refractivity contribution in [3.05, 3.63) is 75.1 Å². The molecule has 1 atom stereocenters. The van der Waals surface area contributed by atoms with Crippen molar-refractivity contribution in [3.63, 3.8) is 0 Å². The maximum Gasteiger partial charge on any atom is 0.272 e. The molecular formula is C25H26ClN9O2S. The molecule has 11 nitrogen and oxygen atoms in total. The highest BCUT2D eigenvalue weighted by molar-refractivity contribution is 7.13. The summed E-state index contributed by atoms with van der Waals surface area (Å²) in [6.45, 7) is 9.83. The van der Waals surface area contributed by atoms with E-state index in [9.17, 15) is 9.59 Å². The highest BCUT2D eigenvalue weighted by Gasteiger charge is 2.23. The minimum absolute atomic E-state index is 0.00534. The molecule has 4 aromatic heterocycles. The van der Waals surface area contributed by atoms with Gasteiger partial charge < -0.3 is 10.6 Å². The predicted molar refractivity (Wildman–Crippen MR) is 146 cm³/mol. The average Bonchev–Trinajstić information content (AvgIpc) is 3.37. The number of aryl methyl sites for hydroxylation is 1. The SMILES string of the molecule is Cc1cnc(NC(=O)c2cnc(C(C)NC(=O)c3ncnc(Nc4ccncc4)c3Cl)s2)nc1C(C)(C)C. The average molecular weight is 552 g/mol. The molecule has 0 aliphatic heterocycles. The van der Waals surface area contributed by atoms with Crippen molar-refractivity contribution in [3.8, 4) is 0 Å². The van der Waals surface area contributed by atoms with Crippen LogP contribution < -0.4 is 16.0 Å². The number of carbonyl (C=O) groups is 2. The van der Waals surface area contributed by atoms with Gasteiger partial charge in [0.1, 0.15) is 21.2 Å². The number of hydrogen-bond acceptors (Lipinski definition) is 10. The van der Waals surface area contributed by atoms with Crippen LogP contribution >= 0.6 is 22.9 Å². The second-order valence-corrected chi connectivity index (χ2v) is 10.9. The number of rotatable bonds is 7. The Bertz CT molecular complexity index is 1470. The van der Waals surface area contributed by atoms with Crippen molar-refractivity contribution in [2.24, 2.45) is 0 Å². The smallest absolute Gasteiger partial charge is 0.272 e. The molecule has 0 saturated heterocycles. The van der Waals surface area contributed by atoms with Gasteiger partial charge in [0.15, 0.2) is 11.5 Å². The molecule has 4 rings (SSSR count). The summed E-state index contributed by atoms with van der Waals surface area (Å²) >= 11 is 7.56. The van der Waals surface area contributed by atoms with Crippen LogP contribution in [0.25, 0.3) is 0 Å². The summed E-state index contributed by atoms with van der Waals surface area (Å²) in [7, 11) is 0. The molecular weight excluding hydrogens is 526 g/mol. The Kier molecular flexibility index (Phi) is 7.93. The molecule has 3 N–H and O–H groups in total. The van der Waals surface area contributed by atoms with Crippen LogP contribution in [0.2, 0.25) is 5.02 Å². The van der Waals surface area contributed by atoms with Gasteiger partial charge in [-0.25, -0.2) is 24.9 Å². The number of hydrogen-bond donors (Lipinski definition) is 3. The van der Waals surface area contributed by atoms with Crippen molar-refractivity contribution < 1.29 is 9.59 Å². The first kappa shape index (κ1) is 27.0. The Morgan fingerprint density at radius 3 is 2.47 bits per heavy atom. The second-order valence-electron chi connectivity index (χ2n) is 9.43. The minimum Gasteiger partial charge on any atom is -0.342 e. The summed E-state index contributed by atoms with van der Waals surface area (Å²) in [6.07, 6.45) is 7.62. The van der Waals surface area contributed by atoms with Crippen molar-refractivity contribution in [1.29, 1.82) is 0 Å². The molecule has 38 heavy (non-hydrogen) atoms. The lowest BCUT2D eigenvalue weighted by molar-refractivity contribution is 0.0934. The lowest BCUT2D eigenvalue weighted by Crippen LogP contribution is -2.28. The fraction of sp³-hybridized carbons (Fsp3) is 0.280. The molecule has 1 unspecified atom stereocenters. The van der Waals surface area contributed by atoms with Gasteiger partial charge in [-0.3, -0.25) is 19.9 Å². The monoisotopic (exact) mass is 551 g/mol. The van der Waals surface area contributed by atoms with Gasteiger partial charge in [-0.1, -0.05) is 32.4 Å². The summed E-state index contributed by atoms with van der Waals surface area (Å²) in [5, 5.41) is 9.18. The summed E-state index contributed by atoms with van der Waals surface area (Å²) in [5.74, 6) is -0.392. The zero-order valence-electron chi connectivity index (χ0n) is 21.4. The number of halogens is 1. The number of thiazole rings is 1. The molecule has 0 saturated carbocycles. The molecule has 4 aromatic rings. The van der Waals surface area contributed by atoms with Gasteiger partial charge in [0.05, 0.1) is 17.9 Å². The fourth-order valence-electron chi connectivity index (χ4n) is 3.53. The van der Waals surface area contributed by atoms with E-state index in [2.05, 4.69) is 45.9 Å². The van der Waals surface area contributed by atoms with Crippen molar-refractivity contribution in [2.45, 2.75) is 46.1 Å². The molecule has 0 aromatic carbocycles. The van der Waals surface area contributed by atoms with E-state index in [4.69, 9.17) is 11.6 Å². The lowest BCUT2D eigenvalue weighted by atomic mass is 9.89. The molecule has 0 spiro atoms. The van der Waals surface area contributed by atoms with Crippen LogP contribution in [-0.2, 0) is 5.41 Å². The Balaban J connectivity index is 1.43. The Morgan fingerprint density at radius 1 is 1.03 bits per heavy atom. The number of aromatic nitrogens is 6. The van der Waals surface area contributed by atoms with E-state index in [-0.39, 0.29) is 33.8 Å². The van der Waals surface area contributed by atoms with E-state index in [1.165, 1.54) is 12.5 Å². The van der Waals surface area contributed by atoms with Gasteiger partial charge in [-0.2, -0.15) is 0 Å². The highest BCUT2D eigenvalue weighted by atomic mass is 35.5. The van der Waals surface area contributed by atoms with Crippen LogP contribution in [0.1, 0.15) is 70.2 Å². The topological polar surface area (TPSA) is 148 Å². The summed E-state index contributed by atoms with van der Waals surface area (Å²) < 4.78 is 0. The number of nitrogens with zero attached hydrogens (tertiary/aromatic N) is 6. The molecule has 0 radical (unpaired) electrons. The predicted octanol–water partition coefficient (Wildman–Crippen LogP) is 4.86. The molecule has 2 amide bonds. The molecule has 4 heterocycles. The number of carbonyl (C=O) groups excluding carboxylic acids is 2. The van der Waals surface area contributed by atoms with Gasteiger partial charge >= 0.3 is 0 Å². The lowest BCUT2D eigenvalue weighted by Gasteiger charge is -2.20. The summed E-state index contributed by atoms with van der Waals surface area (Å²) in [5.41, 5.74) is 2.32. The van der Waals surface area contributed by atoms with Gasteiger partial charge in [-0.05, 0) is 31.5 Å². The minimum atomic E-state index is -0.514. The first-order valence-electron chi connectivity index (χ1n) is 11.6. The number of pyridine rings is 1. The van der Waals surface area contributed by atoms with Crippen molar-refractivity contribution >= 4 is 52.2 Å². The first-order chi connectivity index (χ1) is 18.0. The van der Waals surface area contributed by atoms with Crippen LogP contribution in [0.15, 0.2) is 43.2 Å². The zero-order valence-corrected chi connectivity index (χ0v) is 23.0. The van der Waals surface area contributed by atoms with E-state index >= 15 is 0 Å². The Hall–Kier alpha value is -4.03. The third-order valence-electron chi connectivity index (χ3n) is 5.32. The van der Waals surface area contributed by atoms with E-state index in [1.54, 1.807) is 37.6 Å². The number of nitrogens with one attached hydrogen (secondary N) is 3. The first-order valence-corrected chi connectivity index (χ1v) is 12.8. The molecule has 0 bridgehead atoms. The maximum atomic E-state index is 12.9. The van der Waals surface area contributed by atoms with E-state index in [0.29, 0.717) is 15.6 Å². The largest absolute Gasteiger partial charge is 0.342 e. The van der Waals surface area contributed by atoms with Crippen LogP contribution in [0.5, 0.6) is 0 Å². The van der Waals surface area contributed by atoms with Crippen molar-refractivity contribution in [1.82, 2.24) is 35.2 Å². The second kappa shape index (κ2) is 11.2. The number of anilines is 3. The van der Waals surface area contributed by atoms with E-state index in [1.807, 2.05) is 27.7 Å². The van der Waals surface area contributed by atoms with E-state index in [0.717, 1.165) is 22.6 Å². The normalized spacial score (nSPS) is 12.1. The maximum absolute atomic E-state index is 12.9. The number of amides is 2. The molecule has 13 heteroatoms. The fourth-order valence-corrected chi connectivity index (χ4v) is 4.58. The van der Waals surface area contributed by atoms with Gasteiger partial charge in [0, 0.05) is 29.7 Å². The quantitative estimate of drug-likeness (QED) is 0.292. The van der Waals surface area contributed by atoms with Crippen molar-refractivity contribution in [2.75, 3.05) is 10.6 Å². The van der Waals surface area contributed by atoms with Crippen LogP contribution in [0.3, 0.4) is 0 Å². The van der Waals surface area contributed by atoms with Crippen LogP contribution in [0, 0.1) is 6.92 Å². The molecule has 196 valence electrons. The molecule has 0 aliphatic rings. The van der Waals surface area contributed by atoms with Gasteiger partial charge in [0.2, 0.25) is 5.95 Å². The Morgan fingerprint density at radius 2 is 1.76 bits per heavy atom. The zero-order chi connectivity index (χ0) is 27.4. The van der Waals surface area contributed by atoms with Crippen LogP contribution in [0.4, 0.5) is 17.5 Å².